The highest BCUT2D eigenvalue weighted by molar-refractivity contribution is 5.73. The monoisotopic (exact) mass is 290 g/mol. The number of benzene rings is 1. The Bertz CT molecular complexity index is 493. The second-order valence-corrected chi connectivity index (χ2v) is 6.15. The van der Waals surface area contributed by atoms with Gasteiger partial charge in [0.15, 0.2) is 0 Å². The zero-order valence-corrected chi connectivity index (χ0v) is 13.5. The first-order chi connectivity index (χ1) is 10.0. The van der Waals surface area contributed by atoms with E-state index in [-0.39, 0.29) is 11.9 Å². The SMILES string of the molecule is CCOC(=O)C1CCC(c2cc(OC)cc(C(C)C)c2)C1. The highest BCUT2D eigenvalue weighted by Gasteiger charge is 2.32. The van der Waals surface area contributed by atoms with Gasteiger partial charge in [-0.1, -0.05) is 19.9 Å². The van der Waals surface area contributed by atoms with E-state index in [0.717, 1.165) is 25.0 Å². The molecule has 0 bridgehead atoms. The largest absolute Gasteiger partial charge is 0.497 e. The van der Waals surface area contributed by atoms with Gasteiger partial charge in [0.1, 0.15) is 5.75 Å². The summed E-state index contributed by atoms with van der Waals surface area (Å²) in [5, 5.41) is 0. The van der Waals surface area contributed by atoms with Gasteiger partial charge in [-0.15, -0.1) is 0 Å². The summed E-state index contributed by atoms with van der Waals surface area (Å²) in [6.45, 7) is 6.71. The average molecular weight is 290 g/mol. The molecule has 3 heteroatoms. The van der Waals surface area contributed by atoms with E-state index in [4.69, 9.17) is 9.47 Å². The van der Waals surface area contributed by atoms with E-state index >= 15 is 0 Å². The van der Waals surface area contributed by atoms with E-state index in [1.807, 2.05) is 6.92 Å². The van der Waals surface area contributed by atoms with Crippen molar-refractivity contribution in [1.29, 1.82) is 0 Å². The van der Waals surface area contributed by atoms with Crippen molar-refractivity contribution in [2.45, 2.75) is 51.9 Å². The minimum atomic E-state index is -0.0352. The number of ether oxygens (including phenoxy) is 2. The van der Waals surface area contributed by atoms with Crippen molar-refractivity contribution >= 4 is 5.97 Å². The van der Waals surface area contributed by atoms with Crippen molar-refractivity contribution in [3.05, 3.63) is 29.3 Å². The summed E-state index contributed by atoms with van der Waals surface area (Å²) in [5.41, 5.74) is 2.59. The summed E-state index contributed by atoms with van der Waals surface area (Å²) in [4.78, 5) is 11.9. The van der Waals surface area contributed by atoms with Crippen molar-refractivity contribution < 1.29 is 14.3 Å². The molecule has 0 amide bonds. The van der Waals surface area contributed by atoms with E-state index < -0.39 is 0 Å². The van der Waals surface area contributed by atoms with Crippen LogP contribution in [-0.4, -0.2) is 19.7 Å². The van der Waals surface area contributed by atoms with Gasteiger partial charge in [-0.2, -0.15) is 0 Å². The van der Waals surface area contributed by atoms with Crippen molar-refractivity contribution in [1.82, 2.24) is 0 Å². The Kier molecular flexibility index (Phi) is 5.27. The van der Waals surface area contributed by atoms with Gasteiger partial charge in [0.05, 0.1) is 19.6 Å². The Hall–Kier alpha value is -1.51. The van der Waals surface area contributed by atoms with Crippen LogP contribution in [0.4, 0.5) is 0 Å². The Morgan fingerprint density at radius 3 is 2.67 bits per heavy atom. The Balaban J connectivity index is 2.15. The topological polar surface area (TPSA) is 35.5 Å². The smallest absolute Gasteiger partial charge is 0.308 e. The molecule has 0 aliphatic heterocycles. The molecule has 1 aromatic carbocycles. The number of carbonyl (C=O) groups excluding carboxylic acids is 1. The number of rotatable bonds is 5. The average Bonchev–Trinajstić information content (AvgIpc) is 2.97. The van der Waals surface area contributed by atoms with Crippen LogP contribution in [0, 0.1) is 5.92 Å². The van der Waals surface area contributed by atoms with Crippen LogP contribution >= 0.6 is 0 Å². The number of carbonyl (C=O) groups is 1. The third-order valence-corrected chi connectivity index (χ3v) is 4.38. The van der Waals surface area contributed by atoms with Gasteiger partial charge in [-0.05, 0) is 61.3 Å². The number of esters is 1. The van der Waals surface area contributed by atoms with Gasteiger partial charge in [-0.25, -0.2) is 0 Å². The standard InChI is InChI=1S/C18H26O3/c1-5-21-18(19)14-7-6-13(8-14)16-9-15(12(2)3)10-17(11-16)20-4/h9-14H,5-8H2,1-4H3. The van der Waals surface area contributed by atoms with Crippen LogP contribution in [0.25, 0.3) is 0 Å². The molecule has 2 atom stereocenters. The maximum atomic E-state index is 11.9. The van der Waals surface area contributed by atoms with E-state index in [1.54, 1.807) is 7.11 Å². The lowest BCUT2D eigenvalue weighted by Crippen LogP contribution is -2.14. The number of hydrogen-bond donors (Lipinski definition) is 0. The Labute approximate surface area is 127 Å². The van der Waals surface area contributed by atoms with Gasteiger partial charge in [-0.3, -0.25) is 4.79 Å². The molecular formula is C18H26O3. The van der Waals surface area contributed by atoms with E-state index in [0.29, 0.717) is 18.4 Å². The van der Waals surface area contributed by atoms with Crippen LogP contribution in [-0.2, 0) is 9.53 Å². The van der Waals surface area contributed by atoms with Crippen LogP contribution < -0.4 is 4.74 Å². The zero-order chi connectivity index (χ0) is 15.4. The molecule has 0 radical (unpaired) electrons. The molecule has 1 aromatic rings. The van der Waals surface area contributed by atoms with Crippen molar-refractivity contribution in [3.8, 4) is 5.75 Å². The fourth-order valence-electron chi connectivity index (χ4n) is 3.09. The lowest BCUT2D eigenvalue weighted by Gasteiger charge is -2.16. The van der Waals surface area contributed by atoms with E-state index in [2.05, 4.69) is 32.0 Å². The predicted molar refractivity (Wildman–Crippen MR) is 83.8 cm³/mol. The van der Waals surface area contributed by atoms with E-state index in [1.165, 1.54) is 11.1 Å². The first kappa shape index (κ1) is 15.9. The normalized spacial score (nSPS) is 21.6. The lowest BCUT2D eigenvalue weighted by molar-refractivity contribution is -0.147. The number of methoxy groups -OCH3 is 1. The van der Waals surface area contributed by atoms with Gasteiger partial charge >= 0.3 is 5.97 Å². The second-order valence-electron chi connectivity index (χ2n) is 6.15. The Morgan fingerprint density at radius 2 is 2.05 bits per heavy atom. The van der Waals surface area contributed by atoms with Crippen LogP contribution in [0.2, 0.25) is 0 Å². The quantitative estimate of drug-likeness (QED) is 0.760. The molecule has 1 saturated carbocycles. The molecule has 1 aliphatic rings. The van der Waals surface area contributed by atoms with Crippen LogP contribution in [0.15, 0.2) is 18.2 Å². The van der Waals surface area contributed by atoms with E-state index in [9.17, 15) is 4.79 Å². The molecule has 0 N–H and O–H groups in total. The molecule has 116 valence electrons. The first-order valence-electron chi connectivity index (χ1n) is 7.90. The zero-order valence-electron chi connectivity index (χ0n) is 13.5. The molecule has 21 heavy (non-hydrogen) atoms. The molecule has 0 aromatic heterocycles. The third-order valence-electron chi connectivity index (χ3n) is 4.38. The van der Waals surface area contributed by atoms with Gasteiger partial charge in [0.2, 0.25) is 0 Å². The highest BCUT2D eigenvalue weighted by atomic mass is 16.5. The summed E-state index contributed by atoms with van der Waals surface area (Å²) in [6, 6.07) is 6.49. The molecular weight excluding hydrogens is 264 g/mol. The third kappa shape index (κ3) is 3.78. The van der Waals surface area contributed by atoms with Crippen LogP contribution in [0.1, 0.15) is 63.0 Å². The van der Waals surface area contributed by atoms with Crippen molar-refractivity contribution in [2.75, 3.05) is 13.7 Å². The minimum Gasteiger partial charge on any atom is -0.497 e. The fraction of sp³-hybridized carbons (Fsp3) is 0.611. The molecule has 1 aliphatic carbocycles. The summed E-state index contributed by atoms with van der Waals surface area (Å²) in [7, 11) is 1.71. The molecule has 3 nitrogen and oxygen atoms in total. The second kappa shape index (κ2) is 6.97. The van der Waals surface area contributed by atoms with Crippen molar-refractivity contribution in [3.63, 3.8) is 0 Å². The molecule has 2 unspecified atom stereocenters. The van der Waals surface area contributed by atoms with Gasteiger partial charge in [0, 0.05) is 0 Å². The van der Waals surface area contributed by atoms with Gasteiger partial charge < -0.3 is 9.47 Å². The first-order valence-corrected chi connectivity index (χ1v) is 7.90. The Morgan fingerprint density at radius 1 is 1.29 bits per heavy atom. The van der Waals surface area contributed by atoms with Crippen LogP contribution in [0.5, 0.6) is 5.75 Å². The van der Waals surface area contributed by atoms with Gasteiger partial charge in [0.25, 0.3) is 0 Å². The molecule has 0 heterocycles. The minimum absolute atomic E-state index is 0.0352. The molecule has 0 spiro atoms. The molecule has 1 fully saturated rings. The number of hydrogen-bond acceptors (Lipinski definition) is 3. The maximum absolute atomic E-state index is 11.9. The maximum Gasteiger partial charge on any atom is 0.308 e. The predicted octanol–water partition coefficient (Wildman–Crippen LogP) is 4.27. The molecule has 0 saturated heterocycles. The summed E-state index contributed by atoms with van der Waals surface area (Å²) >= 11 is 0. The lowest BCUT2D eigenvalue weighted by atomic mass is 9.91. The fourth-order valence-corrected chi connectivity index (χ4v) is 3.09. The summed E-state index contributed by atoms with van der Waals surface area (Å²) < 4.78 is 10.6. The molecule has 2 rings (SSSR count). The van der Waals surface area contributed by atoms with Crippen molar-refractivity contribution in [2.24, 2.45) is 5.92 Å². The highest BCUT2D eigenvalue weighted by Crippen LogP contribution is 2.40. The summed E-state index contributed by atoms with van der Waals surface area (Å²) in [5.74, 6) is 1.85. The summed E-state index contributed by atoms with van der Waals surface area (Å²) in [6.07, 6.45) is 2.87. The van der Waals surface area contributed by atoms with Crippen LogP contribution in [0.3, 0.4) is 0 Å².